The molecule has 2 rings (SSSR count). The number of rotatable bonds is 6. The van der Waals surface area contributed by atoms with Crippen LogP contribution in [-0.4, -0.2) is 31.5 Å². The molecule has 0 aliphatic rings. The summed E-state index contributed by atoms with van der Waals surface area (Å²) in [6.45, 7) is 3.42. The first-order valence-electron chi connectivity index (χ1n) is 7.69. The molecule has 0 bridgehead atoms. The Morgan fingerprint density at radius 2 is 1.84 bits per heavy atom. The standard InChI is InChI=1S/C18H19NO5S/c1-4-12-9-15(25-11(12)2)18(22)24-10-16(20)19-17(21)13-5-7-14(23-3)8-6-13/h5-9H,4,10H2,1-3H3,(H,19,20,21). The van der Waals surface area contributed by atoms with Gasteiger partial charge in [-0.1, -0.05) is 6.92 Å². The smallest absolute Gasteiger partial charge is 0.348 e. The third-order valence-corrected chi connectivity index (χ3v) is 4.61. The van der Waals surface area contributed by atoms with E-state index in [0.717, 1.165) is 16.9 Å². The highest BCUT2D eigenvalue weighted by atomic mass is 32.1. The van der Waals surface area contributed by atoms with E-state index in [1.165, 1.54) is 30.6 Å². The number of thiophene rings is 1. The molecule has 0 spiro atoms. The highest BCUT2D eigenvalue weighted by Crippen LogP contribution is 2.22. The summed E-state index contributed by atoms with van der Waals surface area (Å²) in [5, 5.41) is 2.18. The molecular formula is C18H19NO5S. The number of imide groups is 1. The van der Waals surface area contributed by atoms with Gasteiger partial charge in [-0.15, -0.1) is 11.3 Å². The highest BCUT2D eigenvalue weighted by Gasteiger charge is 2.16. The molecule has 1 N–H and O–H groups in total. The summed E-state index contributed by atoms with van der Waals surface area (Å²) in [6, 6.07) is 8.07. The van der Waals surface area contributed by atoms with Gasteiger partial charge in [-0.3, -0.25) is 14.9 Å². The van der Waals surface area contributed by atoms with Crippen LogP contribution in [0.1, 0.15) is 37.4 Å². The van der Waals surface area contributed by atoms with Crippen LogP contribution in [0.4, 0.5) is 0 Å². The molecule has 0 fully saturated rings. The Bertz CT molecular complexity index is 779. The Hall–Kier alpha value is -2.67. The number of nitrogens with one attached hydrogen (secondary N) is 1. The first kappa shape index (κ1) is 18.7. The van der Waals surface area contributed by atoms with Crippen molar-refractivity contribution in [2.75, 3.05) is 13.7 Å². The predicted octanol–water partition coefficient (Wildman–Crippen LogP) is 2.74. The van der Waals surface area contributed by atoms with Gasteiger partial charge in [0, 0.05) is 10.4 Å². The number of methoxy groups -OCH3 is 1. The number of aryl methyl sites for hydroxylation is 2. The van der Waals surface area contributed by atoms with Crippen LogP contribution >= 0.6 is 11.3 Å². The Morgan fingerprint density at radius 1 is 1.16 bits per heavy atom. The minimum absolute atomic E-state index is 0.307. The molecule has 0 saturated heterocycles. The van der Waals surface area contributed by atoms with Crippen LogP contribution in [0.2, 0.25) is 0 Å². The average Bonchev–Trinajstić information content (AvgIpc) is 3.00. The fourth-order valence-corrected chi connectivity index (χ4v) is 3.16. The fourth-order valence-electron chi connectivity index (χ4n) is 2.15. The quantitative estimate of drug-likeness (QED) is 0.800. The number of hydrogen-bond acceptors (Lipinski definition) is 6. The molecule has 0 saturated carbocycles. The second kappa shape index (κ2) is 8.43. The number of hydrogen-bond donors (Lipinski definition) is 1. The minimum atomic E-state index is -0.682. The topological polar surface area (TPSA) is 81.7 Å². The Labute approximate surface area is 149 Å². The number of carbonyl (C=O) groups is 3. The highest BCUT2D eigenvalue weighted by molar-refractivity contribution is 7.14. The maximum absolute atomic E-state index is 12.0. The predicted molar refractivity (Wildman–Crippen MR) is 94.2 cm³/mol. The summed E-state index contributed by atoms with van der Waals surface area (Å²) in [6.07, 6.45) is 0.826. The molecule has 0 atom stereocenters. The lowest BCUT2D eigenvalue weighted by Crippen LogP contribution is -2.34. The summed E-state index contributed by atoms with van der Waals surface area (Å²) < 4.78 is 9.96. The molecule has 2 amide bonds. The van der Waals surface area contributed by atoms with Gasteiger partial charge < -0.3 is 9.47 Å². The Kier molecular flexibility index (Phi) is 6.30. The monoisotopic (exact) mass is 361 g/mol. The molecule has 2 aromatic rings. The van der Waals surface area contributed by atoms with E-state index < -0.39 is 24.4 Å². The van der Waals surface area contributed by atoms with E-state index in [4.69, 9.17) is 9.47 Å². The first-order chi connectivity index (χ1) is 11.9. The zero-order valence-electron chi connectivity index (χ0n) is 14.3. The molecule has 25 heavy (non-hydrogen) atoms. The van der Waals surface area contributed by atoms with Crippen LogP contribution < -0.4 is 10.1 Å². The second-order valence-electron chi connectivity index (χ2n) is 5.23. The molecule has 0 radical (unpaired) electrons. The Morgan fingerprint density at radius 3 is 2.40 bits per heavy atom. The van der Waals surface area contributed by atoms with Gasteiger partial charge in [0.2, 0.25) is 0 Å². The van der Waals surface area contributed by atoms with Crippen molar-refractivity contribution in [3.05, 3.63) is 51.2 Å². The van der Waals surface area contributed by atoms with E-state index in [-0.39, 0.29) is 0 Å². The van der Waals surface area contributed by atoms with Crippen LogP contribution in [0.15, 0.2) is 30.3 Å². The maximum Gasteiger partial charge on any atom is 0.348 e. The van der Waals surface area contributed by atoms with Crippen LogP contribution in [0, 0.1) is 6.92 Å². The molecule has 7 heteroatoms. The minimum Gasteiger partial charge on any atom is -0.497 e. The molecule has 132 valence electrons. The van der Waals surface area contributed by atoms with Crippen molar-refractivity contribution in [3.63, 3.8) is 0 Å². The lowest BCUT2D eigenvalue weighted by Gasteiger charge is -2.06. The van der Waals surface area contributed by atoms with Crippen molar-refractivity contribution in [3.8, 4) is 5.75 Å². The molecule has 1 heterocycles. The molecule has 0 aliphatic heterocycles. The normalized spacial score (nSPS) is 10.2. The summed E-state index contributed by atoms with van der Waals surface area (Å²) in [4.78, 5) is 37.2. The lowest BCUT2D eigenvalue weighted by atomic mass is 10.2. The zero-order chi connectivity index (χ0) is 18.4. The van der Waals surface area contributed by atoms with Crippen molar-refractivity contribution in [1.29, 1.82) is 0 Å². The van der Waals surface area contributed by atoms with E-state index in [0.29, 0.717) is 16.2 Å². The van der Waals surface area contributed by atoms with Gasteiger partial charge in [0.05, 0.1) is 7.11 Å². The zero-order valence-corrected chi connectivity index (χ0v) is 15.1. The average molecular weight is 361 g/mol. The molecule has 0 unspecified atom stereocenters. The number of esters is 1. The van der Waals surface area contributed by atoms with Crippen molar-refractivity contribution in [2.45, 2.75) is 20.3 Å². The molecule has 1 aromatic heterocycles. The number of carbonyl (C=O) groups excluding carboxylic acids is 3. The van der Waals surface area contributed by atoms with Crippen LogP contribution in [0.5, 0.6) is 5.75 Å². The third kappa shape index (κ3) is 4.90. The summed E-state index contributed by atoms with van der Waals surface area (Å²) in [5.74, 6) is -1.21. The van der Waals surface area contributed by atoms with E-state index in [1.54, 1.807) is 18.2 Å². The van der Waals surface area contributed by atoms with Gasteiger partial charge in [0.15, 0.2) is 6.61 Å². The first-order valence-corrected chi connectivity index (χ1v) is 8.51. The van der Waals surface area contributed by atoms with Gasteiger partial charge in [-0.05, 0) is 49.2 Å². The van der Waals surface area contributed by atoms with Crippen molar-refractivity contribution in [2.24, 2.45) is 0 Å². The summed E-state index contributed by atoms with van der Waals surface area (Å²) in [7, 11) is 1.52. The number of amides is 2. The summed E-state index contributed by atoms with van der Waals surface area (Å²) in [5.41, 5.74) is 1.39. The van der Waals surface area contributed by atoms with Gasteiger partial charge in [0.25, 0.3) is 11.8 Å². The van der Waals surface area contributed by atoms with Gasteiger partial charge in [0.1, 0.15) is 10.6 Å². The maximum atomic E-state index is 12.0. The van der Waals surface area contributed by atoms with E-state index in [1.807, 2.05) is 13.8 Å². The van der Waals surface area contributed by atoms with E-state index in [2.05, 4.69) is 5.32 Å². The number of ether oxygens (including phenoxy) is 2. The van der Waals surface area contributed by atoms with Gasteiger partial charge >= 0.3 is 5.97 Å². The van der Waals surface area contributed by atoms with Crippen LogP contribution in [0.3, 0.4) is 0 Å². The lowest BCUT2D eigenvalue weighted by molar-refractivity contribution is -0.123. The largest absolute Gasteiger partial charge is 0.497 e. The molecule has 1 aromatic carbocycles. The van der Waals surface area contributed by atoms with Crippen molar-refractivity contribution < 1.29 is 23.9 Å². The molecular weight excluding hydrogens is 342 g/mol. The van der Waals surface area contributed by atoms with Gasteiger partial charge in [-0.25, -0.2) is 4.79 Å². The third-order valence-electron chi connectivity index (χ3n) is 3.54. The van der Waals surface area contributed by atoms with Crippen LogP contribution in [-0.2, 0) is 16.0 Å². The SMILES string of the molecule is CCc1cc(C(=O)OCC(=O)NC(=O)c2ccc(OC)cc2)sc1C. The molecule has 6 nitrogen and oxygen atoms in total. The van der Waals surface area contributed by atoms with Crippen molar-refractivity contribution in [1.82, 2.24) is 5.32 Å². The van der Waals surface area contributed by atoms with E-state index in [9.17, 15) is 14.4 Å². The summed E-state index contributed by atoms with van der Waals surface area (Å²) >= 11 is 1.33. The number of benzene rings is 1. The van der Waals surface area contributed by atoms with Gasteiger partial charge in [-0.2, -0.15) is 0 Å². The Balaban J connectivity index is 1.86. The second-order valence-corrected chi connectivity index (χ2v) is 6.48. The fraction of sp³-hybridized carbons (Fsp3) is 0.278. The van der Waals surface area contributed by atoms with E-state index >= 15 is 0 Å². The molecule has 0 aliphatic carbocycles. The van der Waals surface area contributed by atoms with Crippen LogP contribution in [0.25, 0.3) is 0 Å². The van der Waals surface area contributed by atoms with Crippen molar-refractivity contribution >= 4 is 29.1 Å².